The van der Waals surface area contributed by atoms with Crippen LogP contribution in [0.15, 0.2) is 156 Å². The Morgan fingerprint density at radius 2 is 1.11 bits per heavy atom. The van der Waals surface area contributed by atoms with Crippen LogP contribution in [0.5, 0.6) is 0 Å². The first kappa shape index (κ1) is 51.7. The second-order valence-electron chi connectivity index (χ2n) is 19.2. The van der Waals surface area contributed by atoms with Gasteiger partial charge in [-0.1, -0.05) is 5.11 Å². The number of quaternary nitrogens is 1. The van der Waals surface area contributed by atoms with Crippen molar-refractivity contribution in [1.29, 1.82) is 0 Å². The monoisotopic (exact) mass is 987 g/mol. The molecule has 0 unspecified atom stereocenters. The summed E-state index contributed by atoms with van der Waals surface area (Å²) in [5, 5.41) is 20.2. The van der Waals surface area contributed by atoms with Gasteiger partial charge in [-0.25, -0.2) is 14.6 Å². The summed E-state index contributed by atoms with van der Waals surface area (Å²) in [7, 11) is 9.62. The number of carbonyl (C=O) groups is 2. The number of carbonyl (C=O) groups excluding carboxylic acids is 2. The molecule has 0 spiro atoms. The van der Waals surface area contributed by atoms with Crippen LogP contribution in [0.1, 0.15) is 59.2 Å². The molecule has 2 fully saturated rings. The SMILES string of the molecule is CN(C=C[NH2+]CCCN(C)C(=O)c1ccc(C(=O)N(C)CCCn2cc[n+](C)c2N=Nc2ccc(Nc3ccc(N4CCCC4)cc3)cc2)cc1)CNN(C)c1ccc(Nc2ccc(N3CCCC3)cc2)cc1. The molecule has 5 N–H and O–H groups in total. The number of nitrogens with one attached hydrogen (secondary N) is 3. The van der Waals surface area contributed by atoms with Crippen LogP contribution >= 0.6 is 0 Å². The van der Waals surface area contributed by atoms with E-state index in [0.29, 0.717) is 43.4 Å². The maximum Gasteiger partial charge on any atom is 0.421 e. The molecule has 0 saturated carbocycles. The number of aromatic nitrogens is 2. The topological polar surface area (TPSA) is 140 Å². The molecule has 6 aromatic rings. The number of amides is 2. The van der Waals surface area contributed by atoms with Crippen molar-refractivity contribution in [2.45, 2.75) is 45.1 Å². The fourth-order valence-electron chi connectivity index (χ4n) is 9.09. The van der Waals surface area contributed by atoms with Gasteiger partial charge in [-0.3, -0.25) is 9.59 Å². The molecule has 73 heavy (non-hydrogen) atoms. The number of nitrogens with zero attached hydrogens (tertiary/aromatic N) is 10. The Morgan fingerprint density at radius 3 is 1.63 bits per heavy atom. The van der Waals surface area contributed by atoms with Crippen LogP contribution in [0.3, 0.4) is 0 Å². The Bertz CT molecular complexity index is 2730. The molecule has 2 saturated heterocycles. The summed E-state index contributed by atoms with van der Waals surface area (Å²) >= 11 is 0. The van der Waals surface area contributed by atoms with Gasteiger partial charge in [0.2, 0.25) is 0 Å². The molecule has 2 aliphatic heterocycles. The highest BCUT2D eigenvalue weighted by molar-refractivity contribution is 5.97. The molecular formula is C57H74N14O2+2. The van der Waals surface area contributed by atoms with Gasteiger partial charge in [-0.05, 0) is 153 Å². The molecule has 8 rings (SSSR count). The van der Waals surface area contributed by atoms with E-state index in [9.17, 15) is 9.59 Å². The number of aryl methyl sites for hydroxylation is 2. The highest BCUT2D eigenvalue weighted by atomic mass is 16.2. The van der Waals surface area contributed by atoms with Crippen molar-refractivity contribution in [2.75, 3.05) is 106 Å². The lowest BCUT2D eigenvalue weighted by Gasteiger charge is -2.24. The Labute approximate surface area is 431 Å². The number of benzene rings is 5. The molecule has 382 valence electrons. The van der Waals surface area contributed by atoms with Gasteiger partial charge in [-0.15, -0.1) is 0 Å². The van der Waals surface area contributed by atoms with E-state index in [-0.39, 0.29) is 11.8 Å². The van der Waals surface area contributed by atoms with Crippen LogP contribution in [-0.4, -0.2) is 112 Å². The largest absolute Gasteiger partial charge is 0.421 e. The number of imidazole rings is 1. The Hall–Kier alpha value is -7.69. The molecule has 16 heteroatoms. The maximum absolute atomic E-state index is 13.4. The molecule has 0 radical (unpaired) electrons. The van der Waals surface area contributed by atoms with E-state index in [0.717, 1.165) is 79.7 Å². The number of anilines is 7. The highest BCUT2D eigenvalue weighted by Crippen LogP contribution is 2.27. The average Bonchev–Trinajstić information content (AvgIpc) is 4.24. The predicted octanol–water partition coefficient (Wildman–Crippen LogP) is 8.60. The van der Waals surface area contributed by atoms with Crippen LogP contribution in [0.4, 0.5) is 51.4 Å². The van der Waals surface area contributed by atoms with Gasteiger partial charge in [0.05, 0.1) is 51.1 Å². The maximum atomic E-state index is 13.4. The molecule has 0 bridgehead atoms. The van der Waals surface area contributed by atoms with E-state index in [1.807, 2.05) is 98.4 Å². The van der Waals surface area contributed by atoms with Crippen molar-refractivity contribution in [3.05, 3.63) is 157 Å². The van der Waals surface area contributed by atoms with Crippen LogP contribution < -0.4 is 40.8 Å². The highest BCUT2D eigenvalue weighted by Gasteiger charge is 2.19. The van der Waals surface area contributed by atoms with Crippen molar-refractivity contribution in [3.63, 3.8) is 0 Å². The lowest BCUT2D eigenvalue weighted by molar-refractivity contribution is -0.657. The van der Waals surface area contributed by atoms with Crippen LogP contribution in [0.2, 0.25) is 0 Å². The minimum atomic E-state index is -0.0902. The van der Waals surface area contributed by atoms with Gasteiger partial charge in [0, 0.05) is 124 Å². The van der Waals surface area contributed by atoms with E-state index in [1.165, 1.54) is 37.1 Å². The van der Waals surface area contributed by atoms with Gasteiger partial charge >= 0.3 is 5.95 Å². The molecule has 2 aliphatic rings. The molecule has 16 nitrogen and oxygen atoms in total. The number of hydrogen-bond acceptors (Lipinski definition) is 11. The van der Waals surface area contributed by atoms with Crippen molar-refractivity contribution >= 4 is 63.3 Å². The van der Waals surface area contributed by atoms with Gasteiger partial charge < -0.3 is 45.5 Å². The summed E-state index contributed by atoms with van der Waals surface area (Å²) in [5.74, 6) is 0.558. The fraction of sp³-hybridized carbons (Fsp3) is 0.351. The molecule has 0 aliphatic carbocycles. The summed E-state index contributed by atoms with van der Waals surface area (Å²) in [6, 6.07) is 40.6. The number of hydrogen-bond donors (Lipinski definition) is 4. The van der Waals surface area contributed by atoms with Crippen LogP contribution in [0.25, 0.3) is 0 Å². The first-order valence-corrected chi connectivity index (χ1v) is 25.8. The molecule has 3 heterocycles. The Balaban J connectivity index is 0.690. The normalized spacial score (nSPS) is 13.5. The van der Waals surface area contributed by atoms with E-state index in [4.69, 9.17) is 0 Å². The number of nitrogens with two attached hydrogens (primary N) is 1. The van der Waals surface area contributed by atoms with Crippen LogP contribution in [0, 0.1) is 0 Å². The summed E-state index contributed by atoms with van der Waals surface area (Å²) < 4.78 is 3.98. The molecular weight excluding hydrogens is 913 g/mol. The third-order valence-electron chi connectivity index (χ3n) is 13.5. The summed E-state index contributed by atoms with van der Waals surface area (Å²) in [6.07, 6.45) is 14.7. The van der Waals surface area contributed by atoms with E-state index in [2.05, 4.69) is 119 Å². The molecule has 5 aromatic carbocycles. The summed E-state index contributed by atoms with van der Waals surface area (Å²) in [4.78, 5) is 37.0. The predicted molar refractivity (Wildman–Crippen MR) is 295 cm³/mol. The van der Waals surface area contributed by atoms with Crippen molar-refractivity contribution < 1.29 is 19.5 Å². The zero-order valence-electron chi connectivity index (χ0n) is 43.3. The van der Waals surface area contributed by atoms with Gasteiger partial charge in [0.1, 0.15) is 11.9 Å². The quantitative estimate of drug-likeness (QED) is 0.0154. The minimum Gasteiger partial charge on any atom is -0.372 e. The second-order valence-corrected chi connectivity index (χ2v) is 19.2. The van der Waals surface area contributed by atoms with Crippen molar-refractivity contribution in [1.82, 2.24) is 24.7 Å². The lowest BCUT2D eigenvalue weighted by atomic mass is 10.1. The molecule has 1 aromatic heterocycles. The first-order valence-electron chi connectivity index (χ1n) is 25.8. The number of rotatable bonds is 24. The van der Waals surface area contributed by atoms with Gasteiger partial charge in [0.15, 0.2) is 0 Å². The first-order chi connectivity index (χ1) is 35.6. The fourth-order valence-corrected chi connectivity index (χ4v) is 9.09. The van der Waals surface area contributed by atoms with Crippen molar-refractivity contribution in [3.8, 4) is 0 Å². The third kappa shape index (κ3) is 14.7. The van der Waals surface area contributed by atoms with Gasteiger partial charge in [-0.2, -0.15) is 0 Å². The lowest BCUT2D eigenvalue weighted by Crippen LogP contribution is -2.78. The smallest absolute Gasteiger partial charge is 0.372 e. The third-order valence-corrected chi connectivity index (χ3v) is 13.5. The summed E-state index contributed by atoms with van der Waals surface area (Å²) in [5.41, 5.74) is 13.1. The number of azo groups is 1. The van der Waals surface area contributed by atoms with Gasteiger partial charge in [0.25, 0.3) is 11.8 Å². The minimum absolute atomic E-state index is 0.0672. The molecule has 2 amide bonds. The standard InChI is InChI=1S/C57H72N14O2/c1-64(44-59-68(5)52-26-20-48(21-27-52)61-50-24-30-54(31-25-50)70-38-8-9-39-70)41-33-58-32-10-34-65(2)55(72)45-12-14-46(15-13-45)56(73)66(3)35-11-40-71-43-42-67(4)57(71)63-62-51-18-16-47(17-19-51)60-49-22-28-53(29-23-49)69-36-6-7-37-69/h12-31,33,41-43,58-59,61H,6-11,32,34-40,44H2,1-5H3/p+2. The zero-order chi connectivity index (χ0) is 50.9. The van der Waals surface area contributed by atoms with Crippen LogP contribution in [-0.2, 0) is 13.6 Å². The average molecular weight is 987 g/mol. The Kier molecular flexibility index (Phi) is 18.1. The van der Waals surface area contributed by atoms with E-state index < -0.39 is 0 Å². The Morgan fingerprint density at radius 1 is 0.630 bits per heavy atom. The second kappa shape index (κ2) is 25.6. The van der Waals surface area contributed by atoms with E-state index in [1.54, 1.807) is 34.1 Å². The van der Waals surface area contributed by atoms with E-state index >= 15 is 0 Å². The number of hydrazine groups is 1. The molecule has 0 atom stereocenters. The summed E-state index contributed by atoms with van der Waals surface area (Å²) in [6.45, 7) is 7.88. The zero-order valence-corrected chi connectivity index (χ0v) is 43.3. The van der Waals surface area contributed by atoms with Crippen molar-refractivity contribution in [2.24, 2.45) is 17.3 Å².